The number of ether oxygens (including phenoxy) is 1. The molecule has 29 heavy (non-hydrogen) atoms. The van der Waals surface area contributed by atoms with Crippen LogP contribution in [-0.2, 0) is 22.6 Å². The molecule has 2 aliphatic rings. The summed E-state index contributed by atoms with van der Waals surface area (Å²) in [5, 5.41) is 3.96. The molecule has 0 saturated carbocycles. The Morgan fingerprint density at radius 1 is 1.21 bits per heavy atom. The van der Waals surface area contributed by atoms with E-state index in [0.29, 0.717) is 51.4 Å². The molecule has 1 spiro atoms. The topological polar surface area (TPSA) is 58.8 Å². The average Bonchev–Trinajstić information content (AvgIpc) is 3.06. The number of likely N-dealkylation sites (tertiary alicyclic amines) is 1. The summed E-state index contributed by atoms with van der Waals surface area (Å²) in [6.07, 6.45) is 0.374. The molecule has 1 atom stereocenters. The van der Waals surface area contributed by atoms with Crippen molar-refractivity contribution in [3.63, 3.8) is 0 Å². The van der Waals surface area contributed by atoms with Crippen molar-refractivity contribution in [3.8, 4) is 0 Å². The number of rotatable bonds is 4. The molecule has 3 heterocycles. The van der Waals surface area contributed by atoms with Gasteiger partial charge in [0.1, 0.15) is 17.4 Å². The Balaban J connectivity index is 1.49. The minimum Gasteiger partial charge on any atom is -0.379 e. The summed E-state index contributed by atoms with van der Waals surface area (Å²) in [7, 11) is 0. The van der Waals surface area contributed by atoms with Crippen molar-refractivity contribution in [1.29, 1.82) is 0 Å². The van der Waals surface area contributed by atoms with Gasteiger partial charge in [0, 0.05) is 49.1 Å². The van der Waals surface area contributed by atoms with Gasteiger partial charge in [-0.15, -0.1) is 0 Å². The summed E-state index contributed by atoms with van der Waals surface area (Å²) in [6, 6.07) is 3.50. The van der Waals surface area contributed by atoms with Gasteiger partial charge in [0.15, 0.2) is 0 Å². The van der Waals surface area contributed by atoms with E-state index < -0.39 is 11.6 Å². The van der Waals surface area contributed by atoms with Crippen LogP contribution in [0.2, 0.25) is 0 Å². The van der Waals surface area contributed by atoms with E-state index in [-0.39, 0.29) is 17.9 Å². The fourth-order valence-corrected chi connectivity index (χ4v) is 4.37. The third-order valence-corrected chi connectivity index (χ3v) is 5.86. The van der Waals surface area contributed by atoms with E-state index in [1.54, 1.807) is 0 Å². The number of halogens is 2. The smallest absolute Gasteiger partial charge is 0.223 e. The lowest BCUT2D eigenvalue weighted by Crippen LogP contribution is -2.40. The van der Waals surface area contributed by atoms with Gasteiger partial charge in [-0.1, -0.05) is 5.16 Å². The van der Waals surface area contributed by atoms with Crippen LogP contribution in [-0.4, -0.2) is 53.7 Å². The molecule has 0 N–H and O–H groups in total. The minimum absolute atomic E-state index is 0.0624. The van der Waals surface area contributed by atoms with Gasteiger partial charge in [-0.3, -0.25) is 9.69 Å². The number of aromatic nitrogens is 1. The van der Waals surface area contributed by atoms with Crippen molar-refractivity contribution in [1.82, 2.24) is 15.0 Å². The van der Waals surface area contributed by atoms with E-state index in [4.69, 9.17) is 9.26 Å². The molecule has 0 radical (unpaired) electrons. The lowest BCUT2D eigenvalue weighted by Gasteiger charge is -2.31. The van der Waals surface area contributed by atoms with Crippen molar-refractivity contribution in [2.45, 2.75) is 33.4 Å². The minimum atomic E-state index is -0.455. The molecule has 0 bridgehead atoms. The molecule has 1 aromatic carbocycles. The Kier molecular flexibility index (Phi) is 5.40. The van der Waals surface area contributed by atoms with Gasteiger partial charge in [0.05, 0.1) is 25.5 Å². The van der Waals surface area contributed by atoms with Crippen molar-refractivity contribution >= 4 is 5.91 Å². The monoisotopic (exact) mass is 405 g/mol. The van der Waals surface area contributed by atoms with Gasteiger partial charge in [-0.25, -0.2) is 8.78 Å². The van der Waals surface area contributed by atoms with Crippen LogP contribution in [0.25, 0.3) is 0 Å². The molecule has 2 aromatic rings. The molecule has 156 valence electrons. The summed E-state index contributed by atoms with van der Waals surface area (Å²) in [5.41, 5.74) is 1.68. The molecule has 6 nitrogen and oxygen atoms in total. The second kappa shape index (κ2) is 7.84. The number of nitrogens with zero attached hydrogens (tertiary/aromatic N) is 3. The van der Waals surface area contributed by atoms with Crippen LogP contribution < -0.4 is 0 Å². The first-order chi connectivity index (χ1) is 13.8. The van der Waals surface area contributed by atoms with Gasteiger partial charge < -0.3 is 14.2 Å². The van der Waals surface area contributed by atoms with Gasteiger partial charge in [-0.05, 0) is 32.0 Å². The zero-order valence-electron chi connectivity index (χ0n) is 16.7. The Morgan fingerprint density at radius 2 is 2.03 bits per heavy atom. The lowest BCUT2D eigenvalue weighted by atomic mass is 9.87. The maximum absolute atomic E-state index is 14.1. The number of hydrogen-bond donors (Lipinski definition) is 0. The largest absolute Gasteiger partial charge is 0.379 e. The molecule has 2 fully saturated rings. The normalized spacial score (nSPS) is 23.2. The first-order valence-corrected chi connectivity index (χ1v) is 9.79. The van der Waals surface area contributed by atoms with Crippen LogP contribution in [0, 0.1) is 30.9 Å². The Labute approximate surface area is 168 Å². The van der Waals surface area contributed by atoms with Crippen LogP contribution >= 0.6 is 0 Å². The molecule has 2 saturated heterocycles. The van der Waals surface area contributed by atoms with E-state index in [1.807, 2.05) is 18.7 Å². The zero-order valence-corrected chi connectivity index (χ0v) is 16.7. The van der Waals surface area contributed by atoms with E-state index in [9.17, 15) is 13.6 Å². The molecule has 0 unspecified atom stereocenters. The van der Waals surface area contributed by atoms with Crippen LogP contribution in [0.4, 0.5) is 8.78 Å². The van der Waals surface area contributed by atoms with Gasteiger partial charge >= 0.3 is 0 Å². The first kappa shape index (κ1) is 20.0. The van der Waals surface area contributed by atoms with Gasteiger partial charge in [-0.2, -0.15) is 0 Å². The van der Waals surface area contributed by atoms with Gasteiger partial charge in [0.25, 0.3) is 0 Å². The highest BCUT2D eigenvalue weighted by Crippen LogP contribution is 2.36. The second-order valence-electron chi connectivity index (χ2n) is 8.23. The third kappa shape index (κ3) is 4.18. The third-order valence-electron chi connectivity index (χ3n) is 5.86. The molecule has 2 aliphatic heterocycles. The molecule has 4 rings (SSSR count). The Morgan fingerprint density at radius 3 is 2.79 bits per heavy atom. The lowest BCUT2D eigenvalue weighted by molar-refractivity contribution is -0.128. The SMILES string of the molecule is Cc1noc(C)c1CN1C[C@]2(COCCN(Cc3cc(F)ccc3F)C2)CC1=O. The molecular formula is C21H25F2N3O3. The van der Waals surface area contributed by atoms with Gasteiger partial charge in [0.2, 0.25) is 5.91 Å². The predicted molar refractivity (Wildman–Crippen MR) is 101 cm³/mol. The van der Waals surface area contributed by atoms with Crippen molar-refractivity contribution in [2.75, 3.05) is 32.8 Å². The summed E-state index contributed by atoms with van der Waals surface area (Å²) in [6.45, 7) is 7.17. The number of carbonyl (C=O) groups is 1. The maximum Gasteiger partial charge on any atom is 0.223 e. The molecule has 8 heteroatoms. The van der Waals surface area contributed by atoms with Crippen LogP contribution in [0.15, 0.2) is 22.7 Å². The molecule has 1 amide bonds. The van der Waals surface area contributed by atoms with Crippen LogP contribution in [0.3, 0.4) is 0 Å². The number of benzene rings is 1. The fourth-order valence-electron chi connectivity index (χ4n) is 4.37. The van der Waals surface area contributed by atoms with Crippen molar-refractivity contribution in [2.24, 2.45) is 5.41 Å². The zero-order chi connectivity index (χ0) is 20.6. The number of carbonyl (C=O) groups excluding carboxylic acids is 1. The molecule has 1 aromatic heterocycles. The van der Waals surface area contributed by atoms with Crippen LogP contribution in [0.1, 0.15) is 29.0 Å². The molecule has 0 aliphatic carbocycles. The van der Waals surface area contributed by atoms with E-state index in [2.05, 4.69) is 10.1 Å². The van der Waals surface area contributed by atoms with Crippen LogP contribution in [0.5, 0.6) is 0 Å². The predicted octanol–water partition coefficient (Wildman–Crippen LogP) is 2.82. The summed E-state index contributed by atoms with van der Waals surface area (Å²) in [5.74, 6) is -0.0963. The summed E-state index contributed by atoms with van der Waals surface area (Å²) >= 11 is 0. The Hall–Kier alpha value is -2.32. The average molecular weight is 405 g/mol. The van der Waals surface area contributed by atoms with Crippen molar-refractivity contribution in [3.05, 3.63) is 52.4 Å². The fraction of sp³-hybridized carbons (Fsp3) is 0.524. The Bertz CT molecular complexity index is 897. The quantitative estimate of drug-likeness (QED) is 0.783. The number of amides is 1. The number of hydrogen-bond acceptors (Lipinski definition) is 5. The second-order valence-corrected chi connectivity index (χ2v) is 8.23. The molecular weight excluding hydrogens is 380 g/mol. The van der Waals surface area contributed by atoms with E-state index in [0.717, 1.165) is 29.2 Å². The highest BCUT2D eigenvalue weighted by atomic mass is 19.1. The standard InChI is InChI=1S/C21H25F2N3O3/c1-14-18(15(2)29-24-14)10-26-12-21(8-20(26)27)11-25(5-6-28-13-21)9-16-7-17(22)3-4-19(16)23/h3-4,7H,5-6,8-13H2,1-2H3/t21-/m0/s1. The summed E-state index contributed by atoms with van der Waals surface area (Å²) in [4.78, 5) is 16.6. The highest BCUT2D eigenvalue weighted by Gasteiger charge is 2.45. The maximum atomic E-state index is 14.1. The van der Waals surface area contributed by atoms with E-state index >= 15 is 0 Å². The first-order valence-electron chi connectivity index (χ1n) is 9.79. The number of aryl methyl sites for hydroxylation is 2. The van der Waals surface area contributed by atoms with Crippen molar-refractivity contribution < 1.29 is 22.8 Å². The highest BCUT2D eigenvalue weighted by molar-refractivity contribution is 5.79. The summed E-state index contributed by atoms with van der Waals surface area (Å²) < 4.78 is 38.7. The van der Waals surface area contributed by atoms with E-state index in [1.165, 1.54) is 6.07 Å².